The number of amides is 1. The highest BCUT2D eigenvalue weighted by molar-refractivity contribution is 8.26. The van der Waals surface area contributed by atoms with Crippen LogP contribution in [0.15, 0.2) is 83.9 Å². The second-order valence-corrected chi connectivity index (χ2v) is 9.99. The molecular formula is C28H25N3OS2. The van der Waals surface area contributed by atoms with Crippen molar-refractivity contribution >= 4 is 51.1 Å². The fourth-order valence-corrected chi connectivity index (χ4v) is 5.42. The molecule has 0 saturated carbocycles. The summed E-state index contributed by atoms with van der Waals surface area (Å²) in [7, 11) is 0. The van der Waals surface area contributed by atoms with Crippen LogP contribution in [0.4, 0.5) is 0 Å². The maximum Gasteiger partial charge on any atom is 0.266 e. The predicted octanol–water partition coefficient (Wildman–Crippen LogP) is 7.08. The number of fused-ring (bicyclic) bond motifs is 1. The molecule has 1 aliphatic heterocycles. The van der Waals surface area contributed by atoms with Gasteiger partial charge in [0.25, 0.3) is 5.91 Å². The Labute approximate surface area is 209 Å². The third-order valence-corrected chi connectivity index (χ3v) is 7.31. The first-order valence-corrected chi connectivity index (χ1v) is 12.8. The van der Waals surface area contributed by atoms with Gasteiger partial charge in [0.15, 0.2) is 0 Å². The minimum Gasteiger partial charge on any atom is -0.293 e. The van der Waals surface area contributed by atoms with Crippen LogP contribution in [0.1, 0.15) is 31.7 Å². The lowest BCUT2D eigenvalue weighted by Gasteiger charge is -2.13. The van der Waals surface area contributed by atoms with Crippen molar-refractivity contribution in [1.82, 2.24) is 14.7 Å². The molecule has 4 aromatic rings. The number of nitrogens with zero attached hydrogens (tertiary/aromatic N) is 3. The second-order valence-electron chi connectivity index (χ2n) is 8.32. The molecule has 1 aromatic heterocycles. The predicted molar refractivity (Wildman–Crippen MR) is 146 cm³/mol. The lowest BCUT2D eigenvalue weighted by Crippen LogP contribution is -2.28. The number of aromatic nitrogens is 2. The Kier molecular flexibility index (Phi) is 6.61. The molecule has 6 heteroatoms. The van der Waals surface area contributed by atoms with Crippen molar-refractivity contribution < 1.29 is 4.79 Å². The van der Waals surface area contributed by atoms with Crippen LogP contribution in [0.25, 0.3) is 33.8 Å². The molecule has 170 valence electrons. The van der Waals surface area contributed by atoms with Gasteiger partial charge in [-0.25, -0.2) is 4.68 Å². The van der Waals surface area contributed by atoms with Gasteiger partial charge in [-0.15, -0.1) is 0 Å². The van der Waals surface area contributed by atoms with Crippen molar-refractivity contribution in [3.05, 3.63) is 89.5 Å². The standard InChI is InChI=1S/C28H25N3OS2/c1-2-3-9-16-30-27(32)25(34-28(30)33)18-23-19-31(24-12-5-4-6-13-24)29-26(23)22-15-14-20-10-7-8-11-21(20)17-22/h4-8,10-15,17-19H,2-3,9,16H2,1H3. The van der Waals surface area contributed by atoms with E-state index in [-0.39, 0.29) is 5.91 Å². The summed E-state index contributed by atoms with van der Waals surface area (Å²) in [6, 6.07) is 24.7. The molecule has 2 heterocycles. The Morgan fingerprint density at radius 3 is 2.53 bits per heavy atom. The first-order chi connectivity index (χ1) is 16.6. The number of carbonyl (C=O) groups is 1. The van der Waals surface area contributed by atoms with E-state index in [1.165, 1.54) is 17.1 Å². The van der Waals surface area contributed by atoms with Crippen LogP contribution < -0.4 is 0 Å². The van der Waals surface area contributed by atoms with E-state index in [1.54, 1.807) is 4.90 Å². The first-order valence-electron chi connectivity index (χ1n) is 11.5. The Morgan fingerprint density at radius 1 is 0.971 bits per heavy atom. The molecule has 0 bridgehead atoms. The average Bonchev–Trinajstić information content (AvgIpc) is 3.41. The maximum absolute atomic E-state index is 13.1. The molecule has 0 atom stereocenters. The minimum atomic E-state index is -0.0111. The van der Waals surface area contributed by atoms with Crippen molar-refractivity contribution in [1.29, 1.82) is 0 Å². The number of hydrogen-bond acceptors (Lipinski definition) is 4. The smallest absolute Gasteiger partial charge is 0.266 e. The SMILES string of the molecule is CCCCCN1C(=O)C(=Cc2cn(-c3ccccc3)nc2-c2ccc3ccccc3c2)SC1=S. The van der Waals surface area contributed by atoms with E-state index >= 15 is 0 Å². The molecule has 0 aliphatic carbocycles. The number of thiocarbonyl (C=S) groups is 1. The van der Waals surface area contributed by atoms with E-state index in [2.05, 4.69) is 37.3 Å². The van der Waals surface area contributed by atoms with Gasteiger partial charge in [-0.2, -0.15) is 5.10 Å². The summed E-state index contributed by atoms with van der Waals surface area (Å²) >= 11 is 6.91. The number of carbonyl (C=O) groups excluding carboxylic acids is 1. The molecule has 1 aliphatic rings. The highest BCUT2D eigenvalue weighted by atomic mass is 32.2. The van der Waals surface area contributed by atoms with E-state index in [4.69, 9.17) is 17.3 Å². The first kappa shape index (κ1) is 22.6. The number of benzene rings is 3. The fraction of sp³-hybridized carbons (Fsp3) is 0.179. The number of unbranched alkanes of at least 4 members (excludes halogenated alkanes) is 2. The van der Waals surface area contributed by atoms with Gasteiger partial charge in [0.05, 0.1) is 10.6 Å². The third-order valence-electron chi connectivity index (χ3n) is 5.93. The van der Waals surface area contributed by atoms with Crippen LogP contribution in [0.3, 0.4) is 0 Å². The molecule has 4 nitrogen and oxygen atoms in total. The number of thioether (sulfide) groups is 1. The summed E-state index contributed by atoms with van der Waals surface area (Å²) in [6.45, 7) is 2.83. The van der Waals surface area contributed by atoms with E-state index in [9.17, 15) is 4.79 Å². The number of hydrogen-bond donors (Lipinski definition) is 0. The quantitative estimate of drug-likeness (QED) is 0.160. The normalized spacial score (nSPS) is 15.1. The Hall–Kier alpha value is -3.22. The summed E-state index contributed by atoms with van der Waals surface area (Å²) in [5.74, 6) is -0.0111. The van der Waals surface area contributed by atoms with Gasteiger partial charge in [0.2, 0.25) is 0 Å². The second kappa shape index (κ2) is 9.95. The lowest BCUT2D eigenvalue weighted by atomic mass is 10.0. The average molecular weight is 484 g/mol. The fourth-order valence-electron chi connectivity index (χ4n) is 4.12. The van der Waals surface area contributed by atoms with Gasteiger partial charge >= 0.3 is 0 Å². The monoisotopic (exact) mass is 483 g/mol. The molecule has 1 amide bonds. The van der Waals surface area contributed by atoms with Crippen molar-refractivity contribution in [2.75, 3.05) is 6.54 Å². The van der Waals surface area contributed by atoms with Gasteiger partial charge in [-0.3, -0.25) is 9.69 Å². The summed E-state index contributed by atoms with van der Waals surface area (Å²) in [5.41, 5.74) is 3.72. The zero-order valence-electron chi connectivity index (χ0n) is 19.0. The van der Waals surface area contributed by atoms with Gasteiger partial charge in [-0.1, -0.05) is 98.3 Å². The zero-order valence-corrected chi connectivity index (χ0v) is 20.6. The highest BCUT2D eigenvalue weighted by Gasteiger charge is 2.32. The summed E-state index contributed by atoms with van der Waals surface area (Å²) in [4.78, 5) is 15.5. The van der Waals surface area contributed by atoms with E-state index < -0.39 is 0 Å². The number of rotatable bonds is 7. The van der Waals surface area contributed by atoms with E-state index in [0.717, 1.165) is 47.2 Å². The van der Waals surface area contributed by atoms with Crippen molar-refractivity contribution in [2.45, 2.75) is 26.2 Å². The molecular weight excluding hydrogens is 458 g/mol. The van der Waals surface area contributed by atoms with Gasteiger partial charge in [0, 0.05) is 23.9 Å². The highest BCUT2D eigenvalue weighted by Crippen LogP contribution is 2.35. The van der Waals surface area contributed by atoms with Crippen molar-refractivity contribution in [3.8, 4) is 16.9 Å². The summed E-state index contributed by atoms with van der Waals surface area (Å²) in [6.07, 6.45) is 7.09. The molecule has 1 fully saturated rings. The van der Waals surface area contributed by atoms with Crippen LogP contribution >= 0.6 is 24.0 Å². The van der Waals surface area contributed by atoms with Crippen LogP contribution in [0, 0.1) is 0 Å². The molecule has 0 radical (unpaired) electrons. The Bertz CT molecular complexity index is 1390. The molecule has 0 unspecified atom stereocenters. The topological polar surface area (TPSA) is 38.1 Å². The minimum absolute atomic E-state index is 0.0111. The summed E-state index contributed by atoms with van der Waals surface area (Å²) in [5, 5.41) is 7.27. The van der Waals surface area contributed by atoms with Crippen LogP contribution in [-0.4, -0.2) is 31.5 Å². The zero-order chi connectivity index (χ0) is 23.5. The number of para-hydroxylation sites is 1. The lowest BCUT2D eigenvalue weighted by molar-refractivity contribution is -0.122. The summed E-state index contributed by atoms with van der Waals surface area (Å²) < 4.78 is 2.51. The molecule has 5 rings (SSSR count). The van der Waals surface area contributed by atoms with Crippen molar-refractivity contribution in [2.24, 2.45) is 0 Å². The van der Waals surface area contributed by atoms with Gasteiger partial charge < -0.3 is 0 Å². The Balaban J connectivity index is 1.56. The van der Waals surface area contributed by atoms with Crippen LogP contribution in [0.5, 0.6) is 0 Å². The van der Waals surface area contributed by atoms with Gasteiger partial charge in [0.1, 0.15) is 10.0 Å². The van der Waals surface area contributed by atoms with Crippen molar-refractivity contribution in [3.63, 3.8) is 0 Å². The largest absolute Gasteiger partial charge is 0.293 e. The van der Waals surface area contributed by atoms with E-state index in [1.807, 2.05) is 59.4 Å². The van der Waals surface area contributed by atoms with Crippen LogP contribution in [-0.2, 0) is 4.79 Å². The van der Waals surface area contributed by atoms with Gasteiger partial charge in [-0.05, 0) is 41.5 Å². The molecule has 1 saturated heterocycles. The van der Waals surface area contributed by atoms with E-state index in [0.29, 0.717) is 15.8 Å². The molecule has 0 spiro atoms. The Morgan fingerprint density at radius 2 is 1.74 bits per heavy atom. The molecule has 3 aromatic carbocycles. The maximum atomic E-state index is 13.1. The molecule has 34 heavy (non-hydrogen) atoms. The van der Waals surface area contributed by atoms with Crippen LogP contribution in [0.2, 0.25) is 0 Å². The molecule has 0 N–H and O–H groups in total. The third kappa shape index (κ3) is 4.56.